The Balaban J connectivity index is 2.95. The molecule has 0 bridgehead atoms. The maximum Gasteiger partial charge on any atom is 0.253 e. The zero-order valence-corrected chi connectivity index (χ0v) is 13.8. The summed E-state index contributed by atoms with van der Waals surface area (Å²) in [5.41, 5.74) is 1.42. The minimum Gasteiger partial charge on any atom is -0.211 e. The summed E-state index contributed by atoms with van der Waals surface area (Å²) in [7, 11) is -7.96. The first-order valence-electron chi connectivity index (χ1n) is 6.07. The molecule has 1 aromatic carbocycles. The van der Waals surface area contributed by atoms with Crippen LogP contribution in [0.4, 0.5) is 0 Å². The highest BCUT2D eigenvalue weighted by atomic mass is 35.5. The molecule has 0 spiro atoms. The molecule has 0 atom stereocenters. The van der Waals surface area contributed by atoms with Crippen molar-refractivity contribution in [2.24, 2.45) is 0 Å². The first kappa shape index (κ1) is 17.4. The van der Waals surface area contributed by atoms with Crippen LogP contribution in [-0.2, 0) is 20.0 Å². The van der Waals surface area contributed by atoms with Crippen LogP contribution in [0.3, 0.4) is 0 Å². The Hall–Kier alpha value is -0.630. The van der Waals surface area contributed by atoms with E-state index >= 15 is 0 Å². The molecular formula is C12H18ClNO4S2. The number of hydrogen-bond acceptors (Lipinski definition) is 4. The smallest absolute Gasteiger partial charge is 0.211 e. The Bertz CT molecular complexity index is 669. The summed E-state index contributed by atoms with van der Waals surface area (Å²) < 4.78 is 49.4. The summed E-state index contributed by atoms with van der Waals surface area (Å²) in [5, 5.41) is 0. The molecule has 0 fully saturated rings. The van der Waals surface area contributed by atoms with Crippen LogP contribution in [0.15, 0.2) is 23.1 Å². The summed E-state index contributed by atoms with van der Waals surface area (Å²) in [5.74, 6) is 0.0865. The van der Waals surface area contributed by atoms with E-state index in [1.54, 1.807) is 23.2 Å². The standard InChI is InChI=1S/C12H18ClNO4S2/c1-10-5-6-12(11(2)9-10)20(17,18)14-19(15,16)8-4-3-7-13/h5-6,9,14H,3-4,7-8H2,1-2H3. The Labute approximate surface area is 125 Å². The van der Waals surface area contributed by atoms with E-state index in [1.807, 2.05) is 6.92 Å². The fourth-order valence-corrected chi connectivity index (χ4v) is 5.27. The van der Waals surface area contributed by atoms with E-state index in [1.165, 1.54) is 6.07 Å². The topological polar surface area (TPSA) is 80.3 Å². The van der Waals surface area contributed by atoms with E-state index in [2.05, 4.69) is 0 Å². The Kier molecular flexibility index (Phi) is 6.00. The van der Waals surface area contributed by atoms with Gasteiger partial charge < -0.3 is 0 Å². The number of sulfonamides is 2. The highest BCUT2D eigenvalue weighted by Gasteiger charge is 2.23. The first-order chi connectivity index (χ1) is 9.18. The maximum atomic E-state index is 12.1. The molecule has 0 amide bonds. The number of hydrogen-bond donors (Lipinski definition) is 1. The molecular weight excluding hydrogens is 322 g/mol. The lowest BCUT2D eigenvalue weighted by atomic mass is 10.2. The van der Waals surface area contributed by atoms with Crippen LogP contribution in [0.25, 0.3) is 0 Å². The molecule has 5 nitrogen and oxygen atoms in total. The van der Waals surface area contributed by atoms with Crippen LogP contribution in [0.1, 0.15) is 24.0 Å². The molecule has 0 aliphatic carbocycles. The van der Waals surface area contributed by atoms with Gasteiger partial charge in [-0.3, -0.25) is 0 Å². The molecule has 0 heterocycles. The molecule has 1 aromatic rings. The van der Waals surface area contributed by atoms with Crippen molar-refractivity contribution in [1.82, 2.24) is 4.13 Å². The Morgan fingerprint density at radius 1 is 1.10 bits per heavy atom. The van der Waals surface area contributed by atoms with Crippen molar-refractivity contribution in [3.8, 4) is 0 Å². The number of unbranched alkanes of at least 4 members (excludes halogenated alkanes) is 1. The average Bonchev–Trinajstić information content (AvgIpc) is 2.26. The minimum atomic E-state index is -4.07. The van der Waals surface area contributed by atoms with Gasteiger partial charge in [-0.2, -0.15) is 0 Å². The van der Waals surface area contributed by atoms with Crippen molar-refractivity contribution in [3.63, 3.8) is 0 Å². The van der Waals surface area contributed by atoms with Gasteiger partial charge in [0.2, 0.25) is 10.0 Å². The number of aryl methyl sites for hydroxylation is 2. The van der Waals surface area contributed by atoms with E-state index in [4.69, 9.17) is 11.6 Å². The average molecular weight is 340 g/mol. The number of halogens is 1. The third-order valence-corrected chi connectivity index (χ3v) is 6.68. The summed E-state index contributed by atoms with van der Waals surface area (Å²) in [4.78, 5) is -0.0241. The largest absolute Gasteiger partial charge is 0.253 e. The van der Waals surface area contributed by atoms with Crippen LogP contribution in [0.2, 0.25) is 0 Å². The molecule has 1 rings (SSSR count). The van der Waals surface area contributed by atoms with Crippen LogP contribution >= 0.6 is 11.6 Å². The lowest BCUT2D eigenvalue weighted by Gasteiger charge is -2.10. The second kappa shape index (κ2) is 6.89. The summed E-state index contributed by atoms with van der Waals surface area (Å²) in [6.45, 7) is 3.46. The number of rotatable bonds is 7. The molecule has 0 radical (unpaired) electrons. The van der Waals surface area contributed by atoms with Crippen molar-refractivity contribution in [3.05, 3.63) is 29.3 Å². The van der Waals surface area contributed by atoms with E-state index in [-0.39, 0.29) is 10.6 Å². The molecule has 0 unspecified atom stereocenters. The molecule has 0 aromatic heterocycles. The monoisotopic (exact) mass is 339 g/mol. The molecule has 8 heteroatoms. The van der Waals surface area contributed by atoms with Crippen LogP contribution < -0.4 is 4.13 Å². The highest BCUT2D eigenvalue weighted by molar-refractivity contribution is 8.04. The second-order valence-electron chi connectivity index (χ2n) is 4.57. The van der Waals surface area contributed by atoms with Crippen LogP contribution in [0.5, 0.6) is 0 Å². The van der Waals surface area contributed by atoms with Gasteiger partial charge in [-0.05, 0) is 38.3 Å². The van der Waals surface area contributed by atoms with Gasteiger partial charge in [0, 0.05) is 5.88 Å². The normalized spacial score (nSPS) is 12.6. The fraction of sp³-hybridized carbons (Fsp3) is 0.500. The summed E-state index contributed by atoms with van der Waals surface area (Å²) >= 11 is 5.46. The molecule has 1 N–H and O–H groups in total. The van der Waals surface area contributed by atoms with E-state index in [0.717, 1.165) is 5.56 Å². The summed E-state index contributed by atoms with van der Waals surface area (Å²) in [6, 6.07) is 4.72. The molecule has 20 heavy (non-hydrogen) atoms. The van der Waals surface area contributed by atoms with Gasteiger partial charge in [0.05, 0.1) is 10.6 Å². The number of nitrogens with one attached hydrogen (secondary N) is 1. The van der Waals surface area contributed by atoms with Crippen molar-refractivity contribution in [2.45, 2.75) is 31.6 Å². The van der Waals surface area contributed by atoms with Crippen molar-refractivity contribution >= 4 is 31.6 Å². The van der Waals surface area contributed by atoms with Gasteiger partial charge in [0.25, 0.3) is 10.0 Å². The van der Waals surface area contributed by atoms with Crippen molar-refractivity contribution in [2.75, 3.05) is 11.6 Å². The van der Waals surface area contributed by atoms with Gasteiger partial charge in [-0.25, -0.2) is 16.8 Å². The van der Waals surface area contributed by atoms with Gasteiger partial charge in [0.1, 0.15) is 0 Å². The third-order valence-electron chi connectivity index (χ3n) is 2.65. The molecule has 0 aliphatic heterocycles. The van der Waals surface area contributed by atoms with E-state index < -0.39 is 20.0 Å². The Morgan fingerprint density at radius 3 is 2.30 bits per heavy atom. The van der Waals surface area contributed by atoms with E-state index in [9.17, 15) is 16.8 Å². The lowest BCUT2D eigenvalue weighted by Crippen LogP contribution is -2.33. The lowest BCUT2D eigenvalue weighted by molar-refractivity contribution is 0.575. The van der Waals surface area contributed by atoms with Gasteiger partial charge >= 0.3 is 0 Å². The number of benzene rings is 1. The van der Waals surface area contributed by atoms with Crippen LogP contribution in [0, 0.1) is 13.8 Å². The van der Waals surface area contributed by atoms with Gasteiger partial charge in [-0.15, -0.1) is 15.7 Å². The van der Waals surface area contributed by atoms with Gasteiger partial charge in [0.15, 0.2) is 0 Å². The predicted molar refractivity (Wildman–Crippen MR) is 80.0 cm³/mol. The third kappa shape index (κ3) is 5.05. The molecule has 0 saturated heterocycles. The van der Waals surface area contributed by atoms with Gasteiger partial charge in [-0.1, -0.05) is 17.7 Å². The van der Waals surface area contributed by atoms with Crippen LogP contribution in [-0.4, -0.2) is 28.5 Å². The second-order valence-corrected chi connectivity index (χ2v) is 8.70. The Morgan fingerprint density at radius 2 is 1.75 bits per heavy atom. The molecule has 0 aliphatic rings. The zero-order valence-electron chi connectivity index (χ0n) is 11.4. The highest BCUT2D eigenvalue weighted by Crippen LogP contribution is 2.17. The van der Waals surface area contributed by atoms with Crippen molar-refractivity contribution < 1.29 is 16.8 Å². The maximum absolute atomic E-state index is 12.1. The zero-order chi connectivity index (χ0) is 15.4. The van der Waals surface area contributed by atoms with Crippen molar-refractivity contribution in [1.29, 1.82) is 0 Å². The molecule has 114 valence electrons. The SMILES string of the molecule is Cc1ccc(S(=O)(=O)NS(=O)(=O)CCCCCl)c(C)c1. The fourth-order valence-electron chi connectivity index (χ4n) is 1.74. The predicted octanol–water partition coefficient (Wildman–Crippen LogP) is 1.93. The first-order valence-corrected chi connectivity index (χ1v) is 9.74. The summed E-state index contributed by atoms with van der Waals surface area (Å²) in [6.07, 6.45) is 0.841. The molecule has 0 saturated carbocycles. The quantitative estimate of drug-likeness (QED) is 0.608. The minimum absolute atomic E-state index is 0.0241. The number of alkyl halides is 1. The van der Waals surface area contributed by atoms with E-state index in [0.29, 0.717) is 24.3 Å².